The summed E-state index contributed by atoms with van der Waals surface area (Å²) in [5.41, 5.74) is 2.51. The molecule has 0 fully saturated rings. The molecule has 1 aromatic carbocycles. The van der Waals surface area contributed by atoms with Crippen LogP contribution < -0.4 is 0 Å². The number of hydrogen-bond donors (Lipinski definition) is 1. The summed E-state index contributed by atoms with van der Waals surface area (Å²) in [7, 11) is 0. The average molecular weight is 342 g/mol. The van der Waals surface area contributed by atoms with Crippen molar-refractivity contribution in [3.05, 3.63) is 71.9 Å². The van der Waals surface area contributed by atoms with E-state index in [0.717, 1.165) is 11.0 Å². The van der Waals surface area contributed by atoms with Gasteiger partial charge in [0.1, 0.15) is 5.82 Å². The first-order valence-electron chi connectivity index (χ1n) is 8.03. The molecule has 0 aliphatic heterocycles. The molecule has 0 saturated carbocycles. The second-order valence-electron chi connectivity index (χ2n) is 5.81. The number of H-pyrrole nitrogens is 1. The van der Waals surface area contributed by atoms with Crippen molar-refractivity contribution in [2.75, 3.05) is 0 Å². The summed E-state index contributed by atoms with van der Waals surface area (Å²) >= 11 is 0. The number of benzene rings is 1. The zero-order valence-corrected chi connectivity index (χ0v) is 13.9. The fourth-order valence-corrected chi connectivity index (χ4v) is 2.87. The van der Waals surface area contributed by atoms with Gasteiger partial charge in [-0.1, -0.05) is 18.2 Å². The molecule has 0 amide bonds. The number of nitrogens with one attached hydrogen (secondary N) is 1. The molecule has 0 aliphatic carbocycles. The number of aromatic nitrogens is 5. The Labute approximate surface area is 148 Å². The third kappa shape index (κ3) is 2.54. The van der Waals surface area contributed by atoms with Crippen LogP contribution in [0.25, 0.3) is 16.9 Å². The van der Waals surface area contributed by atoms with Crippen molar-refractivity contribution in [2.45, 2.75) is 12.8 Å². The Balaban J connectivity index is 1.72. The lowest BCUT2D eigenvalue weighted by Gasteiger charge is -2.06. The Hall–Kier alpha value is -3.79. The zero-order valence-electron chi connectivity index (χ0n) is 13.9. The van der Waals surface area contributed by atoms with Crippen molar-refractivity contribution in [1.82, 2.24) is 24.7 Å². The van der Waals surface area contributed by atoms with Crippen LogP contribution in [0.4, 0.5) is 0 Å². The van der Waals surface area contributed by atoms with Crippen molar-refractivity contribution < 1.29 is 4.79 Å². The fraction of sp³-hybridized carbons (Fsp3) is 0.105. The number of hydrogen-bond acceptors (Lipinski definition) is 5. The third-order valence-corrected chi connectivity index (χ3v) is 4.21. The lowest BCUT2D eigenvalue weighted by molar-refractivity contribution is 0.0976. The van der Waals surface area contributed by atoms with E-state index < -0.39 is 5.92 Å². The van der Waals surface area contributed by atoms with Crippen LogP contribution in [0, 0.1) is 18.3 Å². The van der Waals surface area contributed by atoms with Crippen LogP contribution in [-0.4, -0.2) is 30.5 Å². The normalized spacial score (nSPS) is 12.0. The van der Waals surface area contributed by atoms with Crippen molar-refractivity contribution in [2.24, 2.45) is 0 Å². The van der Waals surface area contributed by atoms with Gasteiger partial charge in [0.15, 0.2) is 17.5 Å². The first-order chi connectivity index (χ1) is 12.7. The average Bonchev–Trinajstić information content (AvgIpc) is 3.26. The molecule has 0 spiro atoms. The van der Waals surface area contributed by atoms with E-state index in [4.69, 9.17) is 0 Å². The van der Waals surface area contributed by atoms with Gasteiger partial charge in [0.25, 0.3) is 0 Å². The molecule has 1 atom stereocenters. The molecule has 7 heteroatoms. The summed E-state index contributed by atoms with van der Waals surface area (Å²) in [6.07, 6.45) is 3.13. The Kier molecular flexibility index (Phi) is 3.78. The third-order valence-electron chi connectivity index (χ3n) is 4.21. The van der Waals surface area contributed by atoms with Gasteiger partial charge in [0.2, 0.25) is 0 Å². The van der Waals surface area contributed by atoms with E-state index in [0.29, 0.717) is 22.9 Å². The number of imidazole rings is 1. The van der Waals surface area contributed by atoms with Gasteiger partial charge >= 0.3 is 0 Å². The largest absolute Gasteiger partial charge is 0.340 e. The summed E-state index contributed by atoms with van der Waals surface area (Å²) in [6, 6.07) is 14.9. The van der Waals surface area contributed by atoms with Crippen molar-refractivity contribution in [1.29, 1.82) is 5.26 Å². The SMILES string of the molecule is Cc1c(C(=O)C(C#N)c2nc3ccccc3[nH]2)cnn1-c1ccccn1. The lowest BCUT2D eigenvalue weighted by Crippen LogP contribution is -2.14. The minimum Gasteiger partial charge on any atom is -0.340 e. The first kappa shape index (κ1) is 15.7. The highest BCUT2D eigenvalue weighted by Gasteiger charge is 2.28. The van der Waals surface area contributed by atoms with Crippen molar-refractivity contribution in [3.8, 4) is 11.9 Å². The van der Waals surface area contributed by atoms with Gasteiger partial charge in [-0.3, -0.25) is 4.79 Å². The predicted octanol–water partition coefficient (Wildman–Crippen LogP) is 2.94. The Morgan fingerprint density at radius 1 is 1.23 bits per heavy atom. The molecule has 4 aromatic rings. The van der Waals surface area contributed by atoms with E-state index >= 15 is 0 Å². The molecule has 0 saturated heterocycles. The second-order valence-corrected chi connectivity index (χ2v) is 5.81. The minimum atomic E-state index is -1.03. The molecule has 0 bridgehead atoms. The zero-order chi connectivity index (χ0) is 18.1. The molecule has 126 valence electrons. The second kappa shape index (κ2) is 6.26. The quantitative estimate of drug-likeness (QED) is 0.575. The van der Waals surface area contributed by atoms with Gasteiger partial charge in [-0.2, -0.15) is 10.4 Å². The van der Waals surface area contributed by atoms with Crippen LogP contribution in [0.2, 0.25) is 0 Å². The Morgan fingerprint density at radius 3 is 2.77 bits per heavy atom. The number of Topliss-reactive ketones (excluding diaryl/α,β-unsaturated/α-hetero) is 1. The van der Waals surface area contributed by atoms with Crippen LogP contribution in [0.3, 0.4) is 0 Å². The van der Waals surface area contributed by atoms with Crippen LogP contribution in [0.1, 0.15) is 27.8 Å². The number of ketones is 1. The molecule has 3 aromatic heterocycles. The van der Waals surface area contributed by atoms with Gasteiger partial charge in [0.05, 0.1) is 34.6 Å². The first-order valence-corrected chi connectivity index (χ1v) is 8.03. The summed E-state index contributed by atoms with van der Waals surface area (Å²) in [6.45, 7) is 1.78. The number of fused-ring (bicyclic) bond motifs is 1. The number of carbonyl (C=O) groups is 1. The van der Waals surface area contributed by atoms with E-state index in [2.05, 4.69) is 26.1 Å². The summed E-state index contributed by atoms with van der Waals surface area (Å²) in [4.78, 5) is 24.7. The van der Waals surface area contributed by atoms with Crippen molar-refractivity contribution in [3.63, 3.8) is 0 Å². The Bertz CT molecular complexity index is 1100. The molecule has 26 heavy (non-hydrogen) atoms. The van der Waals surface area contributed by atoms with E-state index in [1.54, 1.807) is 23.9 Å². The van der Waals surface area contributed by atoms with E-state index in [1.807, 2.05) is 36.4 Å². The van der Waals surface area contributed by atoms with Crippen LogP contribution >= 0.6 is 0 Å². The van der Waals surface area contributed by atoms with E-state index in [9.17, 15) is 10.1 Å². The maximum atomic E-state index is 13.0. The molecule has 1 N–H and O–H groups in total. The number of aromatic amines is 1. The Morgan fingerprint density at radius 2 is 2.04 bits per heavy atom. The lowest BCUT2D eigenvalue weighted by atomic mass is 9.99. The molecular formula is C19H14N6O. The molecular weight excluding hydrogens is 328 g/mol. The highest BCUT2D eigenvalue weighted by atomic mass is 16.1. The fourth-order valence-electron chi connectivity index (χ4n) is 2.87. The van der Waals surface area contributed by atoms with E-state index in [-0.39, 0.29) is 5.78 Å². The number of carbonyl (C=O) groups excluding carboxylic acids is 1. The topological polar surface area (TPSA) is 100 Å². The van der Waals surface area contributed by atoms with Gasteiger partial charge in [-0.25, -0.2) is 14.6 Å². The molecule has 0 aliphatic rings. The number of nitrogens with zero attached hydrogens (tertiary/aromatic N) is 5. The van der Waals surface area contributed by atoms with Gasteiger partial charge < -0.3 is 4.98 Å². The number of pyridine rings is 1. The molecule has 3 heterocycles. The monoisotopic (exact) mass is 342 g/mol. The highest BCUT2D eigenvalue weighted by Crippen LogP contribution is 2.23. The van der Waals surface area contributed by atoms with Crippen LogP contribution in [0.15, 0.2) is 54.9 Å². The van der Waals surface area contributed by atoms with Crippen LogP contribution in [0.5, 0.6) is 0 Å². The number of nitriles is 1. The van der Waals surface area contributed by atoms with E-state index in [1.165, 1.54) is 6.20 Å². The summed E-state index contributed by atoms with van der Waals surface area (Å²) in [5, 5.41) is 13.8. The predicted molar refractivity (Wildman–Crippen MR) is 94.9 cm³/mol. The summed E-state index contributed by atoms with van der Waals surface area (Å²) in [5.74, 6) is -0.418. The molecule has 0 radical (unpaired) electrons. The van der Waals surface area contributed by atoms with Crippen LogP contribution in [-0.2, 0) is 0 Å². The standard InChI is InChI=1S/C19H14N6O/c1-12-14(11-22-25(12)17-8-4-5-9-21-17)18(26)13(10-20)19-23-15-6-2-3-7-16(15)24-19/h2-9,11,13H,1H3,(H,23,24). The number of rotatable bonds is 4. The molecule has 1 unspecified atom stereocenters. The molecule has 4 rings (SSSR count). The van der Waals surface area contributed by atoms with Gasteiger partial charge in [-0.15, -0.1) is 0 Å². The van der Waals surface area contributed by atoms with Gasteiger partial charge in [-0.05, 0) is 31.2 Å². The maximum absolute atomic E-state index is 13.0. The number of para-hydroxylation sites is 2. The van der Waals surface area contributed by atoms with Gasteiger partial charge in [0, 0.05) is 6.20 Å². The minimum absolute atomic E-state index is 0.337. The maximum Gasteiger partial charge on any atom is 0.191 e. The molecule has 7 nitrogen and oxygen atoms in total. The van der Waals surface area contributed by atoms with Crippen molar-refractivity contribution >= 4 is 16.8 Å². The smallest absolute Gasteiger partial charge is 0.191 e. The highest BCUT2D eigenvalue weighted by molar-refractivity contribution is 6.03. The summed E-state index contributed by atoms with van der Waals surface area (Å²) < 4.78 is 1.58.